The number of piperidine rings is 1. The zero-order valence-electron chi connectivity index (χ0n) is 15.6. The molecule has 1 aromatic heterocycles. The van der Waals surface area contributed by atoms with Gasteiger partial charge >= 0.3 is 5.97 Å². The number of pyridine rings is 1. The van der Waals surface area contributed by atoms with Crippen molar-refractivity contribution in [3.63, 3.8) is 0 Å². The second-order valence-corrected chi connectivity index (χ2v) is 7.20. The molecule has 1 aromatic rings. The first-order valence-corrected chi connectivity index (χ1v) is 10.0. The standard InChI is InChI=1S/C19H25N3O3S/c1-4-15-8-6-7-9-22(15)17(23)12-26-18-14(11-20)10-16(13(3)21-18)19(24)25-5-2/h10,15H,4-9,12H2,1-3H3/t15-/m0/s1. The molecule has 140 valence electrons. The summed E-state index contributed by atoms with van der Waals surface area (Å²) in [7, 11) is 0. The number of rotatable bonds is 6. The minimum atomic E-state index is -0.485. The van der Waals surface area contributed by atoms with Gasteiger partial charge in [-0.15, -0.1) is 0 Å². The molecule has 0 aromatic carbocycles. The number of hydrogen-bond donors (Lipinski definition) is 0. The van der Waals surface area contributed by atoms with Crippen LogP contribution in [-0.4, -0.2) is 46.7 Å². The van der Waals surface area contributed by atoms with Gasteiger partial charge in [-0.05, 0) is 45.6 Å². The molecule has 1 amide bonds. The summed E-state index contributed by atoms with van der Waals surface area (Å²) in [5.41, 5.74) is 1.09. The van der Waals surface area contributed by atoms with E-state index in [1.807, 2.05) is 4.90 Å². The van der Waals surface area contributed by atoms with Crippen molar-refractivity contribution in [2.24, 2.45) is 0 Å². The molecule has 0 bridgehead atoms. The SMILES string of the molecule is CCOC(=O)c1cc(C#N)c(SCC(=O)N2CCCC[C@@H]2CC)nc1C. The summed E-state index contributed by atoms with van der Waals surface area (Å²) in [5, 5.41) is 9.87. The number of thioether (sulfide) groups is 1. The number of carbonyl (C=O) groups excluding carboxylic acids is 2. The topological polar surface area (TPSA) is 83.3 Å². The quantitative estimate of drug-likeness (QED) is 0.560. The van der Waals surface area contributed by atoms with Crippen LogP contribution in [0.4, 0.5) is 0 Å². The average Bonchev–Trinajstić information content (AvgIpc) is 2.66. The van der Waals surface area contributed by atoms with Crippen molar-refractivity contribution >= 4 is 23.6 Å². The molecule has 7 heteroatoms. The van der Waals surface area contributed by atoms with Gasteiger partial charge in [0.2, 0.25) is 5.91 Å². The van der Waals surface area contributed by atoms with Crippen molar-refractivity contribution in [3.05, 3.63) is 22.9 Å². The number of aromatic nitrogens is 1. The fourth-order valence-electron chi connectivity index (χ4n) is 3.16. The lowest BCUT2D eigenvalue weighted by Gasteiger charge is -2.35. The summed E-state index contributed by atoms with van der Waals surface area (Å²) in [6.45, 7) is 6.61. The Balaban J connectivity index is 2.11. The van der Waals surface area contributed by atoms with Crippen LogP contribution in [0.3, 0.4) is 0 Å². The molecular weight excluding hydrogens is 350 g/mol. The zero-order valence-corrected chi connectivity index (χ0v) is 16.4. The Morgan fingerprint density at radius 1 is 1.42 bits per heavy atom. The van der Waals surface area contributed by atoms with Gasteiger partial charge in [0.05, 0.1) is 29.2 Å². The van der Waals surface area contributed by atoms with E-state index in [4.69, 9.17) is 4.74 Å². The van der Waals surface area contributed by atoms with Crippen LogP contribution in [0.1, 0.15) is 61.1 Å². The number of likely N-dealkylation sites (tertiary alicyclic amines) is 1. The third-order valence-electron chi connectivity index (χ3n) is 4.55. The van der Waals surface area contributed by atoms with Crippen molar-refractivity contribution in [1.29, 1.82) is 5.26 Å². The first-order valence-electron chi connectivity index (χ1n) is 9.02. The molecule has 1 atom stereocenters. The molecule has 0 saturated carbocycles. The van der Waals surface area contributed by atoms with Gasteiger partial charge in [0.1, 0.15) is 11.1 Å². The minimum absolute atomic E-state index is 0.0827. The lowest BCUT2D eigenvalue weighted by molar-refractivity contribution is -0.132. The van der Waals surface area contributed by atoms with Gasteiger partial charge in [-0.25, -0.2) is 9.78 Å². The lowest BCUT2D eigenvalue weighted by atomic mass is 10.0. The second-order valence-electron chi connectivity index (χ2n) is 6.24. The summed E-state index contributed by atoms with van der Waals surface area (Å²) in [6, 6.07) is 3.88. The Labute approximate surface area is 158 Å². The number of carbonyl (C=O) groups is 2. The van der Waals surface area contributed by atoms with E-state index in [1.54, 1.807) is 13.8 Å². The van der Waals surface area contributed by atoms with Gasteiger partial charge in [-0.1, -0.05) is 18.7 Å². The van der Waals surface area contributed by atoms with E-state index in [1.165, 1.54) is 24.2 Å². The molecule has 1 saturated heterocycles. The maximum absolute atomic E-state index is 12.6. The Morgan fingerprint density at radius 2 is 2.19 bits per heavy atom. The van der Waals surface area contributed by atoms with E-state index in [-0.39, 0.29) is 18.3 Å². The van der Waals surface area contributed by atoms with Crippen molar-refractivity contribution in [1.82, 2.24) is 9.88 Å². The van der Waals surface area contributed by atoms with Gasteiger partial charge in [0, 0.05) is 12.6 Å². The summed E-state index contributed by atoms with van der Waals surface area (Å²) in [4.78, 5) is 30.9. The molecule has 0 N–H and O–H groups in total. The highest BCUT2D eigenvalue weighted by Gasteiger charge is 2.25. The monoisotopic (exact) mass is 375 g/mol. The largest absolute Gasteiger partial charge is 0.462 e. The molecule has 1 aliphatic heterocycles. The van der Waals surface area contributed by atoms with Crippen LogP contribution in [0.2, 0.25) is 0 Å². The van der Waals surface area contributed by atoms with Crippen LogP contribution in [0.15, 0.2) is 11.1 Å². The van der Waals surface area contributed by atoms with Gasteiger partial charge < -0.3 is 9.64 Å². The van der Waals surface area contributed by atoms with E-state index < -0.39 is 5.97 Å². The average molecular weight is 375 g/mol. The molecule has 0 spiro atoms. The van der Waals surface area contributed by atoms with Gasteiger partial charge in [0.15, 0.2) is 0 Å². The summed E-state index contributed by atoms with van der Waals surface area (Å²) in [6.07, 6.45) is 4.24. The molecular formula is C19H25N3O3S. The Hall–Kier alpha value is -2.07. The summed E-state index contributed by atoms with van der Waals surface area (Å²) < 4.78 is 4.99. The number of aryl methyl sites for hydroxylation is 1. The van der Waals surface area contributed by atoms with Crippen molar-refractivity contribution in [2.45, 2.75) is 57.5 Å². The number of ether oxygens (including phenoxy) is 1. The zero-order chi connectivity index (χ0) is 19.1. The van der Waals surface area contributed by atoms with E-state index in [2.05, 4.69) is 18.0 Å². The van der Waals surface area contributed by atoms with Crippen LogP contribution in [0.25, 0.3) is 0 Å². The number of esters is 1. The third kappa shape index (κ3) is 4.76. The van der Waals surface area contributed by atoms with Crippen molar-refractivity contribution in [2.75, 3.05) is 18.9 Å². The number of nitrogens with zero attached hydrogens (tertiary/aromatic N) is 3. The van der Waals surface area contributed by atoms with Gasteiger partial charge in [-0.2, -0.15) is 5.26 Å². The lowest BCUT2D eigenvalue weighted by Crippen LogP contribution is -2.44. The minimum Gasteiger partial charge on any atom is -0.462 e. The summed E-state index contributed by atoms with van der Waals surface area (Å²) >= 11 is 1.26. The highest BCUT2D eigenvalue weighted by Crippen LogP contribution is 2.26. The smallest absolute Gasteiger partial charge is 0.340 e. The van der Waals surface area contributed by atoms with Crippen LogP contribution in [0.5, 0.6) is 0 Å². The highest BCUT2D eigenvalue weighted by molar-refractivity contribution is 8.00. The van der Waals surface area contributed by atoms with Gasteiger partial charge in [-0.3, -0.25) is 4.79 Å². The van der Waals surface area contributed by atoms with Crippen molar-refractivity contribution < 1.29 is 14.3 Å². The first kappa shape index (κ1) is 20.2. The predicted molar refractivity (Wildman–Crippen MR) is 100 cm³/mol. The third-order valence-corrected chi connectivity index (χ3v) is 5.52. The predicted octanol–water partition coefficient (Wildman–Crippen LogP) is 3.32. The Kier molecular flexibility index (Phi) is 7.46. The molecule has 26 heavy (non-hydrogen) atoms. The van der Waals surface area contributed by atoms with E-state index in [0.29, 0.717) is 27.9 Å². The van der Waals surface area contributed by atoms with E-state index in [0.717, 1.165) is 25.8 Å². The molecule has 2 heterocycles. The highest BCUT2D eigenvalue weighted by atomic mass is 32.2. The van der Waals surface area contributed by atoms with E-state index >= 15 is 0 Å². The maximum Gasteiger partial charge on any atom is 0.340 e. The molecule has 0 unspecified atom stereocenters. The van der Waals surface area contributed by atoms with Crippen LogP contribution in [-0.2, 0) is 9.53 Å². The van der Waals surface area contributed by atoms with E-state index in [9.17, 15) is 14.9 Å². The Morgan fingerprint density at radius 3 is 2.85 bits per heavy atom. The number of hydrogen-bond acceptors (Lipinski definition) is 6. The molecule has 0 radical (unpaired) electrons. The van der Waals surface area contributed by atoms with Gasteiger partial charge in [0.25, 0.3) is 0 Å². The second kappa shape index (κ2) is 9.58. The molecule has 2 rings (SSSR count). The Bertz CT molecular complexity index is 715. The molecule has 6 nitrogen and oxygen atoms in total. The molecule has 1 fully saturated rings. The maximum atomic E-state index is 12.6. The number of amides is 1. The fourth-order valence-corrected chi connectivity index (χ4v) is 4.04. The summed E-state index contributed by atoms with van der Waals surface area (Å²) in [5.74, 6) is -0.156. The van der Waals surface area contributed by atoms with Crippen LogP contribution >= 0.6 is 11.8 Å². The molecule has 0 aliphatic carbocycles. The normalized spacial score (nSPS) is 16.8. The fraction of sp³-hybridized carbons (Fsp3) is 0.579. The molecule has 1 aliphatic rings. The number of nitriles is 1. The van der Waals surface area contributed by atoms with Crippen LogP contribution < -0.4 is 0 Å². The van der Waals surface area contributed by atoms with Crippen molar-refractivity contribution in [3.8, 4) is 6.07 Å². The van der Waals surface area contributed by atoms with Crippen LogP contribution in [0, 0.1) is 18.3 Å². The first-order chi connectivity index (χ1) is 12.5.